The smallest absolute Gasteiger partial charge is 0.251 e. The van der Waals surface area contributed by atoms with Gasteiger partial charge in [-0.1, -0.05) is 5.21 Å². The number of piperidine rings is 1. The van der Waals surface area contributed by atoms with Gasteiger partial charge in [0.05, 0.1) is 5.52 Å². The van der Waals surface area contributed by atoms with E-state index in [0.29, 0.717) is 5.56 Å². The summed E-state index contributed by atoms with van der Waals surface area (Å²) in [6, 6.07) is 5.70. The standard InChI is InChI=1S/C13H17N5O/c1-18-12-5-4-9(7-11(12)16-17-18)13(19)15-10-3-2-6-14-8-10/h4-5,7,10,14H,2-3,6,8H2,1H3,(H,15,19)/t10-/m0/s1. The number of carbonyl (C=O) groups excluding carboxylic acids is 1. The Bertz CT molecular complexity index is 600. The van der Waals surface area contributed by atoms with E-state index in [4.69, 9.17) is 0 Å². The van der Waals surface area contributed by atoms with Crippen molar-refractivity contribution in [1.29, 1.82) is 0 Å². The summed E-state index contributed by atoms with van der Waals surface area (Å²) in [4.78, 5) is 12.2. The third kappa shape index (κ3) is 2.44. The van der Waals surface area contributed by atoms with Crippen LogP contribution in [0.5, 0.6) is 0 Å². The molecule has 19 heavy (non-hydrogen) atoms. The molecule has 1 aromatic heterocycles. The van der Waals surface area contributed by atoms with Crippen molar-refractivity contribution in [3.05, 3.63) is 23.8 Å². The molecule has 0 aliphatic carbocycles. The molecule has 3 rings (SSSR count). The molecular formula is C13H17N5O. The van der Waals surface area contributed by atoms with Gasteiger partial charge in [0.25, 0.3) is 5.91 Å². The number of fused-ring (bicyclic) bond motifs is 1. The summed E-state index contributed by atoms with van der Waals surface area (Å²) in [5.41, 5.74) is 2.31. The number of amides is 1. The van der Waals surface area contributed by atoms with Gasteiger partial charge in [0.2, 0.25) is 0 Å². The van der Waals surface area contributed by atoms with Crippen LogP contribution < -0.4 is 10.6 Å². The van der Waals surface area contributed by atoms with E-state index in [0.717, 1.165) is 37.0 Å². The highest BCUT2D eigenvalue weighted by atomic mass is 16.1. The molecule has 1 fully saturated rings. The molecule has 2 aromatic rings. The van der Waals surface area contributed by atoms with Crippen molar-refractivity contribution in [1.82, 2.24) is 25.6 Å². The van der Waals surface area contributed by atoms with Crippen LogP contribution in [0.25, 0.3) is 11.0 Å². The zero-order chi connectivity index (χ0) is 13.2. The van der Waals surface area contributed by atoms with Gasteiger partial charge < -0.3 is 10.6 Å². The van der Waals surface area contributed by atoms with Crippen molar-refractivity contribution < 1.29 is 4.79 Å². The quantitative estimate of drug-likeness (QED) is 0.821. The van der Waals surface area contributed by atoms with Gasteiger partial charge in [-0.3, -0.25) is 4.79 Å². The topological polar surface area (TPSA) is 71.8 Å². The number of aryl methyl sites for hydroxylation is 1. The van der Waals surface area contributed by atoms with Crippen LogP contribution >= 0.6 is 0 Å². The molecule has 1 atom stereocenters. The lowest BCUT2D eigenvalue weighted by Gasteiger charge is -2.23. The van der Waals surface area contributed by atoms with Crippen LogP contribution in [-0.4, -0.2) is 40.0 Å². The van der Waals surface area contributed by atoms with Gasteiger partial charge in [0.15, 0.2) is 0 Å². The third-order valence-electron chi connectivity index (χ3n) is 3.50. The van der Waals surface area contributed by atoms with E-state index in [1.807, 2.05) is 19.2 Å². The molecule has 0 bridgehead atoms. The van der Waals surface area contributed by atoms with E-state index in [1.165, 1.54) is 0 Å². The average molecular weight is 259 g/mol. The molecule has 1 amide bonds. The van der Waals surface area contributed by atoms with Crippen molar-refractivity contribution in [2.24, 2.45) is 7.05 Å². The second kappa shape index (κ2) is 4.97. The van der Waals surface area contributed by atoms with E-state index in [-0.39, 0.29) is 11.9 Å². The molecule has 6 heteroatoms. The number of rotatable bonds is 2. The van der Waals surface area contributed by atoms with Gasteiger partial charge in [-0.2, -0.15) is 0 Å². The first kappa shape index (κ1) is 12.1. The van der Waals surface area contributed by atoms with Crippen molar-refractivity contribution in [2.45, 2.75) is 18.9 Å². The third-order valence-corrected chi connectivity index (χ3v) is 3.50. The molecule has 1 aliphatic heterocycles. The Kier molecular flexibility index (Phi) is 3.16. The first-order valence-electron chi connectivity index (χ1n) is 6.55. The van der Waals surface area contributed by atoms with E-state index < -0.39 is 0 Å². The van der Waals surface area contributed by atoms with Crippen LogP contribution in [0.2, 0.25) is 0 Å². The van der Waals surface area contributed by atoms with Gasteiger partial charge in [-0.25, -0.2) is 4.68 Å². The second-order valence-electron chi connectivity index (χ2n) is 4.93. The van der Waals surface area contributed by atoms with Crippen molar-refractivity contribution in [3.8, 4) is 0 Å². The SMILES string of the molecule is Cn1nnc2cc(C(=O)N[C@H]3CCCNC3)ccc21. The monoisotopic (exact) mass is 259 g/mol. The largest absolute Gasteiger partial charge is 0.348 e. The zero-order valence-electron chi connectivity index (χ0n) is 10.9. The molecule has 6 nitrogen and oxygen atoms in total. The Balaban J connectivity index is 1.77. The van der Waals surface area contributed by atoms with E-state index in [2.05, 4.69) is 20.9 Å². The first-order valence-corrected chi connectivity index (χ1v) is 6.55. The molecule has 2 heterocycles. The minimum atomic E-state index is -0.0405. The molecule has 0 saturated carbocycles. The van der Waals surface area contributed by atoms with Crippen LogP contribution in [0.15, 0.2) is 18.2 Å². The highest BCUT2D eigenvalue weighted by Gasteiger charge is 2.16. The van der Waals surface area contributed by atoms with Gasteiger partial charge in [-0.05, 0) is 37.6 Å². The van der Waals surface area contributed by atoms with Crippen molar-refractivity contribution in [3.63, 3.8) is 0 Å². The first-order chi connectivity index (χ1) is 9.24. The normalized spacial score (nSPS) is 19.5. The number of nitrogens with zero attached hydrogens (tertiary/aromatic N) is 3. The fourth-order valence-electron chi connectivity index (χ4n) is 2.43. The maximum Gasteiger partial charge on any atom is 0.251 e. The predicted octanol–water partition coefficient (Wildman–Crippen LogP) is 0.450. The molecular weight excluding hydrogens is 242 g/mol. The van der Waals surface area contributed by atoms with Gasteiger partial charge in [0, 0.05) is 25.2 Å². The minimum absolute atomic E-state index is 0.0405. The van der Waals surface area contributed by atoms with Crippen LogP contribution in [0, 0.1) is 0 Å². The second-order valence-corrected chi connectivity index (χ2v) is 4.93. The molecule has 2 N–H and O–H groups in total. The molecule has 100 valence electrons. The molecule has 1 aliphatic rings. The lowest BCUT2D eigenvalue weighted by molar-refractivity contribution is 0.0931. The molecule has 0 unspecified atom stereocenters. The van der Waals surface area contributed by atoms with Gasteiger partial charge in [0.1, 0.15) is 5.52 Å². The summed E-state index contributed by atoms with van der Waals surface area (Å²) in [7, 11) is 1.84. The lowest BCUT2D eigenvalue weighted by Crippen LogP contribution is -2.45. The number of nitrogens with one attached hydrogen (secondary N) is 2. The maximum atomic E-state index is 12.2. The number of benzene rings is 1. The fourth-order valence-corrected chi connectivity index (χ4v) is 2.43. The van der Waals surface area contributed by atoms with Gasteiger partial charge in [-0.15, -0.1) is 5.10 Å². The van der Waals surface area contributed by atoms with Gasteiger partial charge >= 0.3 is 0 Å². The highest BCUT2D eigenvalue weighted by molar-refractivity contribution is 5.97. The molecule has 0 radical (unpaired) electrons. The Labute approximate surface area is 111 Å². The summed E-state index contributed by atoms with van der Waals surface area (Å²) in [6.07, 6.45) is 2.14. The number of hydrogen-bond donors (Lipinski definition) is 2. The van der Waals surface area contributed by atoms with E-state index in [1.54, 1.807) is 10.7 Å². The van der Waals surface area contributed by atoms with Crippen LogP contribution in [0.3, 0.4) is 0 Å². The van der Waals surface area contributed by atoms with E-state index >= 15 is 0 Å². The van der Waals surface area contributed by atoms with Crippen LogP contribution in [0.1, 0.15) is 23.2 Å². The maximum absolute atomic E-state index is 12.2. The average Bonchev–Trinajstić information content (AvgIpc) is 2.81. The Morgan fingerprint density at radius 3 is 3.21 bits per heavy atom. The number of hydrogen-bond acceptors (Lipinski definition) is 4. The summed E-state index contributed by atoms with van der Waals surface area (Å²) in [5.74, 6) is -0.0405. The van der Waals surface area contributed by atoms with Crippen molar-refractivity contribution >= 4 is 16.9 Å². The highest BCUT2D eigenvalue weighted by Crippen LogP contribution is 2.13. The Morgan fingerprint density at radius 2 is 2.42 bits per heavy atom. The summed E-state index contributed by atoms with van der Waals surface area (Å²) in [5, 5.41) is 14.3. The Morgan fingerprint density at radius 1 is 1.53 bits per heavy atom. The van der Waals surface area contributed by atoms with Crippen LogP contribution in [-0.2, 0) is 7.05 Å². The predicted molar refractivity (Wildman–Crippen MR) is 71.9 cm³/mol. The summed E-state index contributed by atoms with van der Waals surface area (Å²) in [6.45, 7) is 1.89. The molecule has 1 aromatic carbocycles. The zero-order valence-corrected chi connectivity index (χ0v) is 10.9. The van der Waals surface area contributed by atoms with Crippen molar-refractivity contribution in [2.75, 3.05) is 13.1 Å². The van der Waals surface area contributed by atoms with Crippen LogP contribution in [0.4, 0.5) is 0 Å². The molecule has 1 saturated heterocycles. The molecule has 0 spiro atoms. The lowest BCUT2D eigenvalue weighted by atomic mass is 10.1. The summed E-state index contributed by atoms with van der Waals surface area (Å²) >= 11 is 0. The fraction of sp³-hybridized carbons (Fsp3) is 0.462. The number of carbonyl (C=O) groups is 1. The van der Waals surface area contributed by atoms with E-state index in [9.17, 15) is 4.79 Å². The minimum Gasteiger partial charge on any atom is -0.348 e. The number of aromatic nitrogens is 3. The Hall–Kier alpha value is -1.95. The summed E-state index contributed by atoms with van der Waals surface area (Å²) < 4.78 is 1.70.